The summed E-state index contributed by atoms with van der Waals surface area (Å²) in [5.74, 6) is 2.40. The van der Waals surface area contributed by atoms with Crippen molar-refractivity contribution in [2.75, 3.05) is 0 Å². The predicted molar refractivity (Wildman–Crippen MR) is 118 cm³/mol. The molecule has 0 aliphatic heterocycles. The fourth-order valence-corrected chi connectivity index (χ4v) is 3.93. The van der Waals surface area contributed by atoms with Crippen LogP contribution in [-0.2, 0) is 12.3 Å². The Kier molecular flexibility index (Phi) is 5.53. The topological polar surface area (TPSA) is 82.5 Å². The van der Waals surface area contributed by atoms with Crippen molar-refractivity contribution in [3.8, 4) is 22.8 Å². The molecule has 7 nitrogen and oxygen atoms in total. The first kappa shape index (κ1) is 19.2. The highest BCUT2D eigenvalue weighted by molar-refractivity contribution is 7.98. The quantitative estimate of drug-likeness (QED) is 0.348. The third-order valence-electron chi connectivity index (χ3n) is 4.64. The molecule has 0 unspecified atom stereocenters. The van der Waals surface area contributed by atoms with Crippen LogP contribution in [-0.4, -0.2) is 29.9 Å². The van der Waals surface area contributed by atoms with E-state index in [4.69, 9.17) is 4.52 Å². The van der Waals surface area contributed by atoms with Gasteiger partial charge in [0.25, 0.3) is 0 Å². The molecule has 0 radical (unpaired) electrons. The van der Waals surface area contributed by atoms with Crippen LogP contribution in [0.25, 0.3) is 22.8 Å². The fraction of sp³-hybridized carbons (Fsp3) is 0.0870. The van der Waals surface area contributed by atoms with E-state index >= 15 is 0 Å². The lowest BCUT2D eigenvalue weighted by Crippen LogP contribution is -2.04. The van der Waals surface area contributed by atoms with Gasteiger partial charge in [-0.25, -0.2) is 0 Å². The van der Waals surface area contributed by atoms with Crippen molar-refractivity contribution in [2.45, 2.75) is 17.5 Å². The molecule has 0 N–H and O–H groups in total. The van der Waals surface area contributed by atoms with Crippen molar-refractivity contribution in [1.82, 2.24) is 29.9 Å². The number of hydrogen-bond donors (Lipinski definition) is 0. The lowest BCUT2D eigenvalue weighted by atomic mass is 10.2. The fourth-order valence-electron chi connectivity index (χ4n) is 3.16. The maximum absolute atomic E-state index is 5.44. The van der Waals surface area contributed by atoms with E-state index in [-0.39, 0.29) is 0 Å². The van der Waals surface area contributed by atoms with E-state index in [9.17, 15) is 0 Å². The zero-order valence-electron chi connectivity index (χ0n) is 16.5. The summed E-state index contributed by atoms with van der Waals surface area (Å²) in [4.78, 5) is 8.73. The van der Waals surface area contributed by atoms with E-state index < -0.39 is 0 Å². The Labute approximate surface area is 183 Å². The molecule has 0 atom stereocenters. The molecule has 2 aromatic carbocycles. The summed E-state index contributed by atoms with van der Waals surface area (Å²) in [7, 11) is 0. The van der Waals surface area contributed by atoms with Gasteiger partial charge in [-0.3, -0.25) is 9.55 Å². The Balaban J connectivity index is 1.40. The second kappa shape index (κ2) is 8.93. The van der Waals surface area contributed by atoms with Gasteiger partial charge in [0, 0.05) is 23.5 Å². The zero-order chi connectivity index (χ0) is 20.9. The van der Waals surface area contributed by atoms with E-state index in [2.05, 4.69) is 42.0 Å². The van der Waals surface area contributed by atoms with Gasteiger partial charge >= 0.3 is 0 Å². The maximum Gasteiger partial charge on any atom is 0.237 e. The number of pyridine rings is 1. The highest BCUT2D eigenvalue weighted by Crippen LogP contribution is 2.27. The van der Waals surface area contributed by atoms with Crippen LogP contribution in [0.1, 0.15) is 11.5 Å². The van der Waals surface area contributed by atoms with Gasteiger partial charge in [0.05, 0.1) is 12.3 Å². The van der Waals surface area contributed by atoms with Crippen LogP contribution in [0.3, 0.4) is 0 Å². The predicted octanol–water partition coefficient (Wildman–Crippen LogP) is 4.73. The Bertz CT molecular complexity index is 1260. The summed E-state index contributed by atoms with van der Waals surface area (Å²) < 4.78 is 7.53. The molecule has 152 valence electrons. The second-order valence-corrected chi connectivity index (χ2v) is 7.73. The number of hydrogen-bond acceptors (Lipinski definition) is 7. The zero-order valence-corrected chi connectivity index (χ0v) is 17.3. The van der Waals surface area contributed by atoms with Gasteiger partial charge in [-0.15, -0.1) is 10.2 Å². The first-order valence-corrected chi connectivity index (χ1v) is 10.7. The summed E-state index contributed by atoms with van der Waals surface area (Å²) in [5, 5.41) is 13.7. The molecule has 3 aromatic heterocycles. The minimum absolute atomic E-state index is 0.500. The van der Waals surface area contributed by atoms with Crippen molar-refractivity contribution < 1.29 is 4.52 Å². The van der Waals surface area contributed by atoms with Crippen LogP contribution in [0.2, 0.25) is 0 Å². The van der Waals surface area contributed by atoms with Crippen molar-refractivity contribution in [3.05, 3.63) is 96.6 Å². The molecule has 0 aliphatic carbocycles. The molecule has 31 heavy (non-hydrogen) atoms. The molecule has 0 saturated heterocycles. The Hall–Kier alpha value is -3.78. The molecule has 0 spiro atoms. The van der Waals surface area contributed by atoms with Crippen LogP contribution >= 0.6 is 11.8 Å². The molecule has 0 aliphatic rings. The van der Waals surface area contributed by atoms with Gasteiger partial charge < -0.3 is 4.52 Å². The molecule has 0 bridgehead atoms. The summed E-state index contributed by atoms with van der Waals surface area (Å²) in [6.07, 6.45) is 3.54. The van der Waals surface area contributed by atoms with Gasteiger partial charge in [-0.05, 0) is 17.7 Å². The molecule has 8 heteroatoms. The van der Waals surface area contributed by atoms with Crippen molar-refractivity contribution in [1.29, 1.82) is 0 Å². The average Bonchev–Trinajstić information content (AvgIpc) is 3.47. The standard InChI is InChI=1S/C23H18N6OS/c1-3-8-17(9-4-1)15-29-22(19-12-7-13-24-14-19)26-27-23(29)31-16-20-25-21(28-30-20)18-10-5-2-6-11-18/h1-14H,15-16H2. The van der Waals surface area contributed by atoms with Gasteiger partial charge in [0.15, 0.2) is 11.0 Å². The highest BCUT2D eigenvalue weighted by Gasteiger charge is 2.17. The first-order chi connectivity index (χ1) is 15.4. The van der Waals surface area contributed by atoms with Gasteiger partial charge in [-0.1, -0.05) is 77.6 Å². The van der Waals surface area contributed by atoms with Gasteiger partial charge in [0.1, 0.15) is 0 Å². The summed E-state index contributed by atoms with van der Waals surface area (Å²) in [6, 6.07) is 23.9. The molecule has 3 heterocycles. The Morgan fingerprint density at radius 1 is 0.839 bits per heavy atom. The number of aromatic nitrogens is 6. The van der Waals surface area contributed by atoms with Gasteiger partial charge in [-0.2, -0.15) is 4.98 Å². The normalized spacial score (nSPS) is 11.0. The summed E-state index contributed by atoms with van der Waals surface area (Å²) in [6.45, 7) is 0.652. The summed E-state index contributed by atoms with van der Waals surface area (Å²) in [5.41, 5.74) is 3.01. The molecular weight excluding hydrogens is 408 g/mol. The number of benzene rings is 2. The lowest BCUT2D eigenvalue weighted by molar-refractivity contribution is 0.391. The maximum atomic E-state index is 5.44. The van der Waals surface area contributed by atoms with Gasteiger partial charge in [0.2, 0.25) is 11.7 Å². The van der Waals surface area contributed by atoms with Crippen LogP contribution < -0.4 is 0 Å². The average molecular weight is 427 g/mol. The third kappa shape index (κ3) is 4.39. The third-order valence-corrected chi connectivity index (χ3v) is 5.60. The van der Waals surface area contributed by atoms with E-state index in [1.54, 1.807) is 12.4 Å². The SMILES string of the molecule is c1ccc(Cn2c(SCc3nc(-c4ccccc4)no3)nnc2-c2cccnc2)cc1. The molecule has 5 aromatic rings. The van der Waals surface area contributed by atoms with E-state index in [1.807, 2.05) is 60.7 Å². The second-order valence-electron chi connectivity index (χ2n) is 6.79. The molecular formula is C23H18N6OS. The molecule has 5 rings (SSSR count). The number of rotatable bonds is 7. The first-order valence-electron chi connectivity index (χ1n) is 9.75. The van der Waals surface area contributed by atoms with Crippen molar-refractivity contribution in [2.24, 2.45) is 0 Å². The van der Waals surface area contributed by atoms with Crippen LogP contribution in [0.4, 0.5) is 0 Å². The Morgan fingerprint density at radius 3 is 2.39 bits per heavy atom. The molecule has 0 amide bonds. The van der Waals surface area contributed by atoms with E-state index in [0.717, 1.165) is 22.1 Å². The smallest absolute Gasteiger partial charge is 0.237 e. The van der Waals surface area contributed by atoms with E-state index in [0.29, 0.717) is 24.0 Å². The van der Waals surface area contributed by atoms with Crippen molar-refractivity contribution in [3.63, 3.8) is 0 Å². The largest absolute Gasteiger partial charge is 0.338 e. The van der Waals surface area contributed by atoms with Crippen LogP contribution in [0.15, 0.2) is 94.9 Å². The van der Waals surface area contributed by atoms with Crippen LogP contribution in [0, 0.1) is 0 Å². The number of thioether (sulfide) groups is 1. The van der Waals surface area contributed by atoms with Crippen molar-refractivity contribution >= 4 is 11.8 Å². The van der Waals surface area contributed by atoms with Crippen LogP contribution in [0.5, 0.6) is 0 Å². The number of nitrogens with zero attached hydrogens (tertiary/aromatic N) is 6. The molecule has 0 saturated carbocycles. The highest BCUT2D eigenvalue weighted by atomic mass is 32.2. The Morgan fingerprint density at radius 2 is 1.61 bits per heavy atom. The minimum atomic E-state index is 0.500. The van der Waals surface area contributed by atoms with E-state index in [1.165, 1.54) is 17.3 Å². The summed E-state index contributed by atoms with van der Waals surface area (Å²) >= 11 is 1.52. The minimum Gasteiger partial charge on any atom is -0.338 e. The molecule has 0 fully saturated rings. The monoisotopic (exact) mass is 426 g/mol. The lowest BCUT2D eigenvalue weighted by Gasteiger charge is -2.10.